The van der Waals surface area contributed by atoms with Gasteiger partial charge in [0.2, 0.25) is 0 Å². The van der Waals surface area contributed by atoms with E-state index < -0.39 is 5.54 Å². The third kappa shape index (κ3) is 1.43. The van der Waals surface area contributed by atoms with E-state index in [9.17, 15) is 4.79 Å². The molecule has 4 nitrogen and oxygen atoms in total. The molecule has 1 aliphatic carbocycles. The lowest BCUT2D eigenvalue weighted by molar-refractivity contribution is 0.142. The molecule has 2 rings (SSSR count). The number of amides is 2. The van der Waals surface area contributed by atoms with E-state index in [1.165, 1.54) is 19.3 Å². The van der Waals surface area contributed by atoms with Gasteiger partial charge in [-0.2, -0.15) is 0 Å². The van der Waals surface area contributed by atoms with Gasteiger partial charge >= 0.3 is 6.03 Å². The van der Waals surface area contributed by atoms with Crippen LogP contribution in [-0.2, 0) is 0 Å². The Labute approximate surface area is 90.5 Å². The van der Waals surface area contributed by atoms with Crippen molar-refractivity contribution in [3.05, 3.63) is 0 Å². The lowest BCUT2D eigenvalue weighted by atomic mass is 9.75. The summed E-state index contributed by atoms with van der Waals surface area (Å²) in [6.07, 6.45) is 6.03. The summed E-state index contributed by atoms with van der Waals surface area (Å²) in [7, 11) is 1.80. The molecule has 2 amide bonds. The first kappa shape index (κ1) is 10.5. The van der Waals surface area contributed by atoms with Crippen LogP contribution in [0.15, 0.2) is 0 Å². The summed E-state index contributed by atoms with van der Waals surface area (Å²) in [6, 6.07) is -0.131. The second-order valence-electron chi connectivity index (χ2n) is 4.85. The van der Waals surface area contributed by atoms with Crippen LogP contribution in [0.5, 0.6) is 0 Å². The number of carbonyl (C=O) groups excluding carboxylic acids is 1. The maximum absolute atomic E-state index is 11.5. The molecular formula is C11H19N3O. The average molecular weight is 209 g/mol. The Bertz CT molecular complexity index is 296. The molecule has 1 saturated heterocycles. The fourth-order valence-electron chi connectivity index (χ4n) is 2.84. The van der Waals surface area contributed by atoms with Crippen LogP contribution >= 0.6 is 0 Å². The molecule has 4 heteroatoms. The van der Waals surface area contributed by atoms with Crippen LogP contribution in [0.2, 0.25) is 0 Å². The van der Waals surface area contributed by atoms with E-state index in [1.807, 2.05) is 6.92 Å². The monoisotopic (exact) mass is 209 g/mol. The van der Waals surface area contributed by atoms with Crippen molar-refractivity contribution in [1.29, 1.82) is 5.41 Å². The summed E-state index contributed by atoms with van der Waals surface area (Å²) < 4.78 is 0. The fourth-order valence-corrected chi connectivity index (χ4v) is 2.84. The quantitative estimate of drug-likeness (QED) is 0.681. The fraction of sp³-hybridized carbons (Fsp3) is 0.818. The number of carbonyl (C=O) groups is 1. The van der Waals surface area contributed by atoms with Gasteiger partial charge in [-0.3, -0.25) is 10.7 Å². The highest BCUT2D eigenvalue weighted by Crippen LogP contribution is 2.38. The molecule has 0 aromatic carbocycles. The van der Waals surface area contributed by atoms with Crippen LogP contribution in [0.4, 0.5) is 4.79 Å². The second kappa shape index (κ2) is 3.51. The van der Waals surface area contributed by atoms with Crippen molar-refractivity contribution in [3.63, 3.8) is 0 Å². The third-order valence-electron chi connectivity index (χ3n) is 4.14. The van der Waals surface area contributed by atoms with Crippen LogP contribution in [0, 0.1) is 11.3 Å². The topological polar surface area (TPSA) is 56.2 Å². The first-order valence-corrected chi connectivity index (χ1v) is 5.70. The molecule has 1 atom stereocenters. The summed E-state index contributed by atoms with van der Waals surface area (Å²) in [6.45, 7) is 2.02. The van der Waals surface area contributed by atoms with Gasteiger partial charge in [-0.15, -0.1) is 0 Å². The number of hydrogen-bond donors (Lipinski definition) is 2. The minimum atomic E-state index is -0.391. The molecule has 2 aliphatic rings. The molecule has 0 aromatic rings. The Hall–Kier alpha value is -1.06. The lowest BCUT2D eigenvalue weighted by Crippen LogP contribution is -2.51. The zero-order valence-corrected chi connectivity index (χ0v) is 9.47. The van der Waals surface area contributed by atoms with Gasteiger partial charge in [0.1, 0.15) is 11.4 Å². The molecule has 2 fully saturated rings. The van der Waals surface area contributed by atoms with Crippen LogP contribution in [0.1, 0.15) is 39.0 Å². The zero-order valence-electron chi connectivity index (χ0n) is 9.47. The molecule has 1 heterocycles. The SMILES string of the molecule is CN1C(=O)NC(=N)C1(C)C1CCCCC1. The Kier molecular flexibility index (Phi) is 2.44. The molecule has 0 bridgehead atoms. The number of nitrogens with zero attached hydrogens (tertiary/aromatic N) is 1. The smallest absolute Gasteiger partial charge is 0.315 e. The maximum Gasteiger partial charge on any atom is 0.323 e. The molecular weight excluding hydrogens is 190 g/mol. The van der Waals surface area contributed by atoms with E-state index in [0.717, 1.165) is 12.8 Å². The van der Waals surface area contributed by atoms with Crippen molar-refractivity contribution < 1.29 is 4.79 Å². The van der Waals surface area contributed by atoms with Crippen molar-refractivity contribution in [2.24, 2.45) is 5.92 Å². The molecule has 0 aromatic heterocycles. The van der Waals surface area contributed by atoms with Crippen molar-refractivity contribution in [2.45, 2.75) is 44.6 Å². The van der Waals surface area contributed by atoms with Crippen LogP contribution in [-0.4, -0.2) is 29.4 Å². The van der Waals surface area contributed by atoms with Gasteiger partial charge in [0.15, 0.2) is 0 Å². The van der Waals surface area contributed by atoms with E-state index in [2.05, 4.69) is 5.32 Å². The maximum atomic E-state index is 11.5. The van der Waals surface area contributed by atoms with E-state index in [0.29, 0.717) is 11.8 Å². The van der Waals surface area contributed by atoms with Crippen molar-refractivity contribution in [1.82, 2.24) is 10.2 Å². The second-order valence-corrected chi connectivity index (χ2v) is 4.85. The van der Waals surface area contributed by atoms with E-state index in [-0.39, 0.29) is 6.03 Å². The summed E-state index contributed by atoms with van der Waals surface area (Å²) >= 11 is 0. The van der Waals surface area contributed by atoms with Gasteiger partial charge in [0.25, 0.3) is 0 Å². The van der Waals surface area contributed by atoms with Crippen molar-refractivity contribution in [2.75, 3.05) is 7.05 Å². The third-order valence-corrected chi connectivity index (χ3v) is 4.14. The highest BCUT2D eigenvalue weighted by Gasteiger charge is 2.49. The average Bonchev–Trinajstić information content (AvgIpc) is 2.45. The largest absolute Gasteiger partial charge is 0.323 e. The van der Waals surface area contributed by atoms with Crippen molar-refractivity contribution >= 4 is 11.9 Å². The first-order valence-electron chi connectivity index (χ1n) is 5.70. The van der Waals surface area contributed by atoms with Crippen LogP contribution < -0.4 is 5.32 Å². The van der Waals surface area contributed by atoms with Crippen molar-refractivity contribution in [3.8, 4) is 0 Å². The van der Waals surface area contributed by atoms with Gasteiger partial charge in [-0.1, -0.05) is 19.3 Å². The molecule has 84 valence electrons. The van der Waals surface area contributed by atoms with Gasteiger partial charge in [0.05, 0.1) is 0 Å². The molecule has 0 spiro atoms. The van der Waals surface area contributed by atoms with Crippen LogP contribution in [0.3, 0.4) is 0 Å². The van der Waals surface area contributed by atoms with Crippen LogP contribution in [0.25, 0.3) is 0 Å². The van der Waals surface area contributed by atoms with Gasteiger partial charge in [-0.25, -0.2) is 4.79 Å². The molecule has 15 heavy (non-hydrogen) atoms. The predicted octanol–water partition coefficient (Wildman–Crippen LogP) is 1.96. The lowest BCUT2D eigenvalue weighted by Gasteiger charge is -2.40. The minimum Gasteiger partial charge on any atom is -0.315 e. The van der Waals surface area contributed by atoms with E-state index in [4.69, 9.17) is 5.41 Å². The number of nitrogens with one attached hydrogen (secondary N) is 2. The summed E-state index contributed by atoms with van der Waals surface area (Å²) in [4.78, 5) is 13.2. The summed E-state index contributed by atoms with van der Waals surface area (Å²) in [5.74, 6) is 0.824. The minimum absolute atomic E-state index is 0.131. The molecule has 1 aliphatic heterocycles. The van der Waals surface area contributed by atoms with Gasteiger partial charge in [0, 0.05) is 7.05 Å². The Balaban J connectivity index is 2.23. The Morgan fingerprint density at radius 3 is 2.47 bits per heavy atom. The standard InChI is InChI=1S/C11H19N3O/c1-11(8-6-4-3-5-7-8)9(12)13-10(15)14(11)2/h8H,3-7H2,1-2H3,(H2,12,13,15). The highest BCUT2D eigenvalue weighted by atomic mass is 16.2. The molecule has 2 N–H and O–H groups in total. The Morgan fingerprint density at radius 1 is 1.40 bits per heavy atom. The normalized spacial score (nSPS) is 33.3. The molecule has 1 unspecified atom stereocenters. The van der Waals surface area contributed by atoms with E-state index >= 15 is 0 Å². The highest BCUT2D eigenvalue weighted by molar-refractivity contribution is 6.08. The summed E-state index contributed by atoms with van der Waals surface area (Å²) in [5.41, 5.74) is -0.391. The summed E-state index contributed by atoms with van der Waals surface area (Å²) in [5, 5.41) is 10.6. The zero-order chi connectivity index (χ0) is 11.1. The molecule has 0 radical (unpaired) electrons. The molecule has 1 saturated carbocycles. The number of hydrogen-bond acceptors (Lipinski definition) is 2. The number of amidine groups is 1. The Morgan fingerprint density at radius 2 is 2.00 bits per heavy atom. The van der Waals surface area contributed by atoms with Gasteiger partial charge in [-0.05, 0) is 25.7 Å². The van der Waals surface area contributed by atoms with E-state index in [1.54, 1.807) is 11.9 Å². The van der Waals surface area contributed by atoms with Gasteiger partial charge < -0.3 is 4.90 Å². The first-order chi connectivity index (χ1) is 7.06. The number of rotatable bonds is 1. The number of likely N-dealkylation sites (N-methyl/N-ethyl adjacent to an activating group) is 1. The number of urea groups is 1. The predicted molar refractivity (Wildman–Crippen MR) is 59.0 cm³/mol.